The molecule has 0 saturated carbocycles. The number of rotatable bonds is 5. The molecule has 0 unspecified atom stereocenters. The maximum absolute atomic E-state index is 12.1. The van der Waals surface area contributed by atoms with Crippen LogP contribution in [0.2, 0.25) is 0 Å². The lowest BCUT2D eigenvalue weighted by Gasteiger charge is -2.04. The van der Waals surface area contributed by atoms with Crippen molar-refractivity contribution >= 4 is 28.1 Å². The van der Waals surface area contributed by atoms with Gasteiger partial charge in [0.2, 0.25) is 0 Å². The van der Waals surface area contributed by atoms with E-state index in [2.05, 4.69) is 9.97 Å². The largest absolute Gasteiger partial charge is 0.497 e. The van der Waals surface area contributed by atoms with E-state index in [1.165, 1.54) is 11.3 Å². The minimum Gasteiger partial charge on any atom is -0.497 e. The van der Waals surface area contributed by atoms with E-state index in [1.54, 1.807) is 35.5 Å². The molecular formula is C15H15N3O2S2. The number of fused-ring (bicyclic) bond motifs is 1. The number of nitrogens with zero attached hydrogens (tertiary/aromatic N) is 3. The topological polar surface area (TPSA) is 56.5 Å². The van der Waals surface area contributed by atoms with Gasteiger partial charge in [0.05, 0.1) is 18.5 Å². The summed E-state index contributed by atoms with van der Waals surface area (Å²) in [4.78, 5) is 21.7. The van der Waals surface area contributed by atoms with Gasteiger partial charge in [-0.15, -0.1) is 23.1 Å². The number of aromatic nitrogens is 3. The highest BCUT2D eigenvalue weighted by Crippen LogP contribution is 2.19. The van der Waals surface area contributed by atoms with Crippen molar-refractivity contribution in [2.45, 2.75) is 18.4 Å². The lowest BCUT2D eigenvalue weighted by atomic mass is 10.3. The SMILES string of the molecule is COc1ccnc(CSCc2cc(=O)n3c(C)csc3n2)c1. The first-order valence-corrected chi connectivity index (χ1v) is 8.74. The van der Waals surface area contributed by atoms with Crippen molar-refractivity contribution in [3.8, 4) is 5.75 Å². The summed E-state index contributed by atoms with van der Waals surface area (Å²) in [6.07, 6.45) is 1.74. The lowest BCUT2D eigenvalue weighted by Crippen LogP contribution is -2.14. The zero-order valence-corrected chi connectivity index (χ0v) is 13.9. The second-order valence-corrected chi connectivity index (χ2v) is 6.58. The van der Waals surface area contributed by atoms with Gasteiger partial charge in [-0.3, -0.25) is 14.2 Å². The highest BCUT2D eigenvalue weighted by molar-refractivity contribution is 7.97. The van der Waals surface area contributed by atoms with Crippen molar-refractivity contribution in [2.24, 2.45) is 0 Å². The Balaban J connectivity index is 1.70. The smallest absolute Gasteiger partial charge is 0.258 e. The summed E-state index contributed by atoms with van der Waals surface area (Å²) in [6.45, 7) is 1.91. The van der Waals surface area contributed by atoms with Gasteiger partial charge in [-0.05, 0) is 13.0 Å². The zero-order valence-electron chi connectivity index (χ0n) is 12.3. The molecule has 3 heterocycles. The Hall–Kier alpha value is -1.86. The quantitative estimate of drug-likeness (QED) is 0.718. The third-order valence-corrected chi connectivity index (χ3v) is 5.10. The fourth-order valence-corrected chi connectivity index (χ4v) is 3.81. The maximum atomic E-state index is 12.1. The normalized spacial score (nSPS) is 11.0. The number of thioether (sulfide) groups is 1. The molecule has 0 aliphatic carbocycles. The van der Waals surface area contributed by atoms with Crippen molar-refractivity contribution in [1.82, 2.24) is 14.4 Å². The van der Waals surface area contributed by atoms with Crippen LogP contribution in [-0.2, 0) is 11.5 Å². The molecule has 0 aliphatic rings. The summed E-state index contributed by atoms with van der Waals surface area (Å²) in [6, 6.07) is 5.35. The predicted molar refractivity (Wildman–Crippen MR) is 89.9 cm³/mol. The number of hydrogen-bond acceptors (Lipinski definition) is 6. The third kappa shape index (κ3) is 3.15. The summed E-state index contributed by atoms with van der Waals surface area (Å²) in [7, 11) is 1.64. The molecule has 0 amide bonds. The second-order valence-electron chi connectivity index (χ2n) is 4.76. The maximum Gasteiger partial charge on any atom is 0.258 e. The fraction of sp³-hybridized carbons (Fsp3) is 0.267. The van der Waals surface area contributed by atoms with Crippen LogP contribution < -0.4 is 10.3 Å². The number of ether oxygens (including phenoxy) is 1. The second kappa shape index (κ2) is 6.50. The Morgan fingerprint density at radius 1 is 1.32 bits per heavy atom. The zero-order chi connectivity index (χ0) is 15.5. The van der Waals surface area contributed by atoms with Crippen LogP contribution in [0, 0.1) is 6.92 Å². The summed E-state index contributed by atoms with van der Waals surface area (Å²) >= 11 is 3.17. The molecule has 22 heavy (non-hydrogen) atoms. The molecule has 0 aromatic carbocycles. The van der Waals surface area contributed by atoms with Crippen LogP contribution in [0.1, 0.15) is 17.1 Å². The van der Waals surface area contributed by atoms with Crippen LogP contribution in [-0.4, -0.2) is 21.5 Å². The molecule has 0 atom stereocenters. The molecule has 5 nitrogen and oxygen atoms in total. The number of pyridine rings is 1. The van der Waals surface area contributed by atoms with Crippen LogP contribution >= 0.6 is 23.1 Å². The average Bonchev–Trinajstić information content (AvgIpc) is 2.89. The minimum atomic E-state index is -0.0149. The molecule has 7 heteroatoms. The van der Waals surface area contributed by atoms with Crippen LogP contribution in [0.4, 0.5) is 0 Å². The van der Waals surface area contributed by atoms with Crippen LogP contribution in [0.3, 0.4) is 0 Å². The number of thiazole rings is 1. The van der Waals surface area contributed by atoms with Gasteiger partial charge in [0.25, 0.3) is 5.56 Å². The molecule has 0 radical (unpaired) electrons. The van der Waals surface area contributed by atoms with Gasteiger partial charge in [0, 0.05) is 40.9 Å². The van der Waals surface area contributed by atoms with E-state index >= 15 is 0 Å². The number of aryl methyl sites for hydroxylation is 1. The molecular weight excluding hydrogens is 318 g/mol. The molecule has 3 rings (SSSR count). The van der Waals surface area contributed by atoms with E-state index in [9.17, 15) is 4.79 Å². The number of hydrogen-bond donors (Lipinski definition) is 0. The van der Waals surface area contributed by atoms with Gasteiger partial charge in [0.1, 0.15) is 5.75 Å². The summed E-state index contributed by atoms with van der Waals surface area (Å²) in [5.74, 6) is 2.24. The summed E-state index contributed by atoms with van der Waals surface area (Å²) in [5, 5.41) is 1.95. The molecule has 0 aliphatic heterocycles. The summed E-state index contributed by atoms with van der Waals surface area (Å²) < 4.78 is 6.82. The molecule has 3 aromatic heterocycles. The Bertz CT molecular complexity index is 857. The average molecular weight is 333 g/mol. The highest BCUT2D eigenvalue weighted by atomic mass is 32.2. The lowest BCUT2D eigenvalue weighted by molar-refractivity contribution is 0.413. The fourth-order valence-electron chi connectivity index (χ4n) is 2.10. The first-order chi connectivity index (χ1) is 10.7. The van der Waals surface area contributed by atoms with E-state index < -0.39 is 0 Å². The van der Waals surface area contributed by atoms with Crippen molar-refractivity contribution in [3.63, 3.8) is 0 Å². The van der Waals surface area contributed by atoms with Gasteiger partial charge in [-0.2, -0.15) is 0 Å². The van der Waals surface area contributed by atoms with E-state index in [1.807, 2.05) is 24.4 Å². The number of methoxy groups -OCH3 is 1. The summed E-state index contributed by atoms with van der Waals surface area (Å²) in [5.41, 5.74) is 2.67. The van der Waals surface area contributed by atoms with Gasteiger partial charge in [-0.1, -0.05) is 0 Å². The Labute approximate surface area is 136 Å². The molecule has 0 saturated heterocycles. The van der Waals surface area contributed by atoms with E-state index in [-0.39, 0.29) is 5.56 Å². The van der Waals surface area contributed by atoms with E-state index in [0.29, 0.717) is 5.75 Å². The monoisotopic (exact) mass is 333 g/mol. The Kier molecular flexibility index (Phi) is 4.44. The standard InChI is InChI=1S/C15H15N3O2S2/c1-10-7-22-15-17-12(6-14(19)18(10)15)9-21-8-11-5-13(20-2)3-4-16-11/h3-7H,8-9H2,1-2H3. The van der Waals surface area contributed by atoms with Gasteiger partial charge < -0.3 is 4.74 Å². The van der Waals surface area contributed by atoms with Crippen molar-refractivity contribution in [2.75, 3.05) is 7.11 Å². The van der Waals surface area contributed by atoms with Crippen LogP contribution in [0.25, 0.3) is 4.96 Å². The van der Waals surface area contributed by atoms with Gasteiger partial charge >= 0.3 is 0 Å². The van der Waals surface area contributed by atoms with Crippen LogP contribution in [0.5, 0.6) is 5.75 Å². The van der Waals surface area contributed by atoms with Crippen molar-refractivity contribution in [3.05, 3.63) is 57.2 Å². The van der Waals surface area contributed by atoms with Crippen molar-refractivity contribution < 1.29 is 4.74 Å². The van der Waals surface area contributed by atoms with Crippen molar-refractivity contribution in [1.29, 1.82) is 0 Å². The Morgan fingerprint density at radius 2 is 2.14 bits per heavy atom. The van der Waals surface area contributed by atoms with Crippen LogP contribution in [0.15, 0.2) is 34.6 Å². The third-order valence-electron chi connectivity index (χ3n) is 3.15. The first-order valence-electron chi connectivity index (χ1n) is 6.71. The van der Waals surface area contributed by atoms with E-state index in [4.69, 9.17) is 4.74 Å². The minimum absolute atomic E-state index is 0.0149. The molecule has 3 aromatic rings. The van der Waals surface area contributed by atoms with E-state index in [0.717, 1.165) is 33.5 Å². The molecule has 114 valence electrons. The highest BCUT2D eigenvalue weighted by Gasteiger charge is 2.07. The predicted octanol–water partition coefficient (Wildman–Crippen LogP) is 2.90. The Morgan fingerprint density at radius 3 is 2.95 bits per heavy atom. The molecule has 0 bridgehead atoms. The van der Waals surface area contributed by atoms with Gasteiger partial charge in [0.15, 0.2) is 4.96 Å². The molecule has 0 spiro atoms. The first kappa shape index (κ1) is 15.1. The molecule has 0 fully saturated rings. The van der Waals surface area contributed by atoms with Gasteiger partial charge in [-0.25, -0.2) is 4.98 Å². The molecule has 0 N–H and O–H groups in total.